The van der Waals surface area contributed by atoms with Crippen molar-refractivity contribution in [1.29, 1.82) is 0 Å². The van der Waals surface area contributed by atoms with Crippen LogP contribution in [-0.4, -0.2) is 47.3 Å². The Morgan fingerprint density at radius 2 is 1.81 bits per heavy atom. The molecule has 0 saturated carbocycles. The van der Waals surface area contributed by atoms with E-state index in [9.17, 15) is 0 Å². The van der Waals surface area contributed by atoms with Crippen LogP contribution in [-0.2, 0) is 0 Å². The Morgan fingerprint density at radius 1 is 1.11 bits per heavy atom. The standard InChI is InChI=1S/C20H34N6S/c1-15(2)14-21-20(27)24-19-22-17(25-10-6-4-7-11-25)13-18(23-19)26-12-8-5-9-16(26)3/h13,15-16H,4-12,14H2,1-3H3,(H2,21,22,23,24,27). The summed E-state index contributed by atoms with van der Waals surface area (Å²) in [6.45, 7) is 10.7. The number of nitrogens with zero attached hydrogens (tertiary/aromatic N) is 4. The smallest absolute Gasteiger partial charge is 0.232 e. The van der Waals surface area contributed by atoms with Gasteiger partial charge in [-0.15, -0.1) is 0 Å². The fourth-order valence-electron chi connectivity index (χ4n) is 3.79. The third-order valence-electron chi connectivity index (χ3n) is 5.37. The highest BCUT2D eigenvalue weighted by Gasteiger charge is 2.23. The van der Waals surface area contributed by atoms with Crippen LogP contribution in [0.3, 0.4) is 0 Å². The summed E-state index contributed by atoms with van der Waals surface area (Å²) < 4.78 is 0. The van der Waals surface area contributed by atoms with Crippen molar-refractivity contribution in [3.05, 3.63) is 6.07 Å². The Hall–Kier alpha value is -1.63. The average Bonchev–Trinajstić information content (AvgIpc) is 2.67. The summed E-state index contributed by atoms with van der Waals surface area (Å²) in [6.07, 6.45) is 7.53. The lowest BCUT2D eigenvalue weighted by Gasteiger charge is -2.35. The molecule has 2 N–H and O–H groups in total. The second-order valence-electron chi connectivity index (χ2n) is 8.22. The van der Waals surface area contributed by atoms with Crippen molar-refractivity contribution >= 4 is 34.9 Å². The van der Waals surface area contributed by atoms with Gasteiger partial charge in [0.05, 0.1) is 0 Å². The van der Waals surface area contributed by atoms with Crippen LogP contribution >= 0.6 is 12.2 Å². The number of anilines is 3. The molecule has 150 valence electrons. The van der Waals surface area contributed by atoms with Gasteiger partial charge in [0.25, 0.3) is 0 Å². The lowest BCUT2D eigenvalue weighted by atomic mass is 10.0. The molecule has 2 fully saturated rings. The number of piperidine rings is 2. The Bertz CT molecular complexity index is 629. The first-order valence-electron chi connectivity index (χ1n) is 10.5. The number of rotatable bonds is 5. The van der Waals surface area contributed by atoms with Crippen LogP contribution in [0.2, 0.25) is 0 Å². The number of nitrogens with one attached hydrogen (secondary N) is 2. The third-order valence-corrected chi connectivity index (χ3v) is 5.62. The first-order chi connectivity index (χ1) is 13.0. The summed E-state index contributed by atoms with van der Waals surface area (Å²) in [4.78, 5) is 14.4. The van der Waals surface area contributed by atoms with Crippen LogP contribution in [0, 0.1) is 5.92 Å². The minimum Gasteiger partial charge on any atom is -0.362 e. The number of thiocarbonyl (C=S) groups is 1. The Labute approximate surface area is 169 Å². The van der Waals surface area contributed by atoms with Crippen molar-refractivity contribution in [3.8, 4) is 0 Å². The highest BCUT2D eigenvalue weighted by molar-refractivity contribution is 7.80. The van der Waals surface area contributed by atoms with Gasteiger partial charge in [0.2, 0.25) is 5.95 Å². The predicted octanol–water partition coefficient (Wildman–Crippen LogP) is 3.79. The van der Waals surface area contributed by atoms with E-state index in [1.54, 1.807) is 0 Å². The first kappa shape index (κ1) is 20.1. The molecule has 27 heavy (non-hydrogen) atoms. The maximum Gasteiger partial charge on any atom is 0.232 e. The molecule has 6 nitrogen and oxygen atoms in total. The molecule has 1 unspecified atom stereocenters. The van der Waals surface area contributed by atoms with Gasteiger partial charge >= 0.3 is 0 Å². The normalized spacial score (nSPS) is 20.7. The maximum absolute atomic E-state index is 5.45. The molecule has 0 radical (unpaired) electrons. The van der Waals surface area contributed by atoms with E-state index in [1.807, 2.05) is 0 Å². The molecule has 0 aromatic carbocycles. The van der Waals surface area contributed by atoms with Gasteiger partial charge in [-0.3, -0.25) is 0 Å². The van der Waals surface area contributed by atoms with Crippen molar-refractivity contribution < 1.29 is 0 Å². The van der Waals surface area contributed by atoms with Gasteiger partial charge in [-0.2, -0.15) is 9.97 Å². The highest BCUT2D eigenvalue weighted by atomic mass is 32.1. The predicted molar refractivity (Wildman–Crippen MR) is 118 cm³/mol. The summed E-state index contributed by atoms with van der Waals surface area (Å²) in [6, 6.07) is 2.69. The van der Waals surface area contributed by atoms with Crippen molar-refractivity contribution in [2.45, 2.75) is 65.3 Å². The van der Waals surface area contributed by atoms with Crippen LogP contribution < -0.4 is 20.4 Å². The van der Waals surface area contributed by atoms with Gasteiger partial charge in [-0.1, -0.05) is 13.8 Å². The zero-order valence-electron chi connectivity index (χ0n) is 17.0. The fourth-order valence-corrected chi connectivity index (χ4v) is 3.97. The third kappa shape index (κ3) is 5.67. The molecule has 0 spiro atoms. The molecule has 1 atom stereocenters. The number of hydrogen-bond donors (Lipinski definition) is 2. The van der Waals surface area contributed by atoms with Gasteiger partial charge in [-0.05, 0) is 63.6 Å². The zero-order valence-corrected chi connectivity index (χ0v) is 17.8. The van der Waals surface area contributed by atoms with E-state index in [0.717, 1.165) is 37.8 Å². The molecule has 0 bridgehead atoms. The first-order valence-corrected chi connectivity index (χ1v) is 10.9. The van der Waals surface area contributed by atoms with Crippen LogP contribution in [0.1, 0.15) is 59.3 Å². The van der Waals surface area contributed by atoms with E-state index in [0.29, 0.717) is 23.0 Å². The lowest BCUT2D eigenvalue weighted by molar-refractivity contribution is 0.481. The quantitative estimate of drug-likeness (QED) is 0.742. The number of aromatic nitrogens is 2. The van der Waals surface area contributed by atoms with Crippen molar-refractivity contribution in [1.82, 2.24) is 15.3 Å². The largest absolute Gasteiger partial charge is 0.362 e. The molecular formula is C20H34N6S. The molecule has 3 heterocycles. The number of hydrogen-bond acceptors (Lipinski definition) is 5. The van der Waals surface area contributed by atoms with Gasteiger partial charge in [0.15, 0.2) is 5.11 Å². The van der Waals surface area contributed by atoms with Gasteiger partial charge in [-0.25, -0.2) is 0 Å². The monoisotopic (exact) mass is 390 g/mol. The minimum absolute atomic E-state index is 0.515. The van der Waals surface area contributed by atoms with E-state index in [-0.39, 0.29) is 0 Å². The fraction of sp³-hybridized carbons (Fsp3) is 0.750. The Morgan fingerprint density at radius 3 is 2.52 bits per heavy atom. The molecule has 2 aliphatic rings. The van der Waals surface area contributed by atoms with Crippen molar-refractivity contribution in [2.24, 2.45) is 5.92 Å². The molecule has 0 aliphatic carbocycles. The molecule has 2 saturated heterocycles. The van der Waals surface area contributed by atoms with Crippen LogP contribution in [0.5, 0.6) is 0 Å². The van der Waals surface area contributed by atoms with E-state index in [2.05, 4.69) is 47.3 Å². The lowest BCUT2D eigenvalue weighted by Crippen LogP contribution is -2.39. The molecule has 2 aliphatic heterocycles. The second kappa shape index (κ2) is 9.53. The Balaban J connectivity index is 1.82. The van der Waals surface area contributed by atoms with Crippen LogP contribution in [0.15, 0.2) is 6.07 Å². The van der Waals surface area contributed by atoms with Gasteiger partial charge < -0.3 is 20.4 Å². The molecule has 0 amide bonds. The van der Waals surface area contributed by atoms with Gasteiger partial charge in [0, 0.05) is 38.3 Å². The highest BCUT2D eigenvalue weighted by Crippen LogP contribution is 2.28. The molecular weight excluding hydrogens is 356 g/mol. The average molecular weight is 391 g/mol. The molecule has 1 aromatic heterocycles. The summed E-state index contributed by atoms with van der Waals surface area (Å²) in [7, 11) is 0. The molecule has 7 heteroatoms. The summed E-state index contributed by atoms with van der Waals surface area (Å²) >= 11 is 5.45. The molecule has 3 rings (SSSR count). The second-order valence-corrected chi connectivity index (χ2v) is 8.63. The summed E-state index contributed by atoms with van der Waals surface area (Å²) in [5.74, 6) is 3.18. The molecule has 1 aromatic rings. The van der Waals surface area contributed by atoms with E-state index in [4.69, 9.17) is 22.2 Å². The Kier molecular flexibility index (Phi) is 7.10. The minimum atomic E-state index is 0.515. The topological polar surface area (TPSA) is 56.3 Å². The van der Waals surface area contributed by atoms with Crippen molar-refractivity contribution in [3.63, 3.8) is 0 Å². The van der Waals surface area contributed by atoms with Crippen molar-refractivity contribution in [2.75, 3.05) is 41.3 Å². The summed E-state index contributed by atoms with van der Waals surface area (Å²) in [5, 5.41) is 7.06. The summed E-state index contributed by atoms with van der Waals surface area (Å²) in [5.41, 5.74) is 0. The SMILES string of the molecule is CC(C)CNC(=S)Nc1nc(N2CCCCC2)cc(N2CCCCC2C)n1. The van der Waals surface area contributed by atoms with E-state index < -0.39 is 0 Å². The maximum atomic E-state index is 5.45. The van der Waals surface area contributed by atoms with Gasteiger partial charge in [0.1, 0.15) is 11.6 Å². The van der Waals surface area contributed by atoms with Crippen LogP contribution in [0.4, 0.5) is 17.6 Å². The zero-order chi connectivity index (χ0) is 19.2. The van der Waals surface area contributed by atoms with E-state index in [1.165, 1.54) is 38.5 Å². The van der Waals surface area contributed by atoms with E-state index >= 15 is 0 Å². The van der Waals surface area contributed by atoms with Crippen LogP contribution in [0.25, 0.3) is 0 Å².